The van der Waals surface area contributed by atoms with Crippen LogP contribution in [-0.2, 0) is 4.79 Å². The third-order valence-electron chi connectivity index (χ3n) is 3.95. The third kappa shape index (κ3) is 2.33. The van der Waals surface area contributed by atoms with Gasteiger partial charge in [-0.05, 0) is 31.2 Å². The Morgan fingerprint density at radius 1 is 1.27 bits per heavy atom. The number of carbonyl (C=O) groups excluding carboxylic acids is 1. The zero-order valence-electron chi connectivity index (χ0n) is 9.83. The maximum atomic E-state index is 12.2. The summed E-state index contributed by atoms with van der Waals surface area (Å²) >= 11 is 0. The summed E-state index contributed by atoms with van der Waals surface area (Å²) in [7, 11) is 0. The average Bonchev–Trinajstić information content (AvgIpc) is 2.59. The molecule has 1 N–H and O–H groups in total. The smallest absolute Gasteiger partial charge is 0.226 e. The van der Waals surface area contributed by atoms with Crippen LogP contribution in [0, 0.1) is 17.8 Å². The summed E-state index contributed by atoms with van der Waals surface area (Å²) in [5.74, 6) is 1.98. The molecule has 2 fully saturated rings. The van der Waals surface area contributed by atoms with Crippen molar-refractivity contribution in [3.63, 3.8) is 0 Å². The second kappa shape index (κ2) is 4.52. The molecule has 2 saturated heterocycles. The molecule has 2 heterocycles. The van der Waals surface area contributed by atoms with Crippen molar-refractivity contribution >= 4 is 5.91 Å². The molecule has 0 radical (unpaired) electrons. The van der Waals surface area contributed by atoms with Crippen LogP contribution in [0.25, 0.3) is 0 Å². The lowest BCUT2D eigenvalue weighted by Crippen LogP contribution is -2.42. The van der Waals surface area contributed by atoms with Crippen LogP contribution in [0.15, 0.2) is 0 Å². The number of piperidine rings is 1. The molecule has 2 aliphatic heterocycles. The van der Waals surface area contributed by atoms with E-state index in [9.17, 15) is 4.79 Å². The Hall–Kier alpha value is -0.570. The first-order valence-corrected chi connectivity index (χ1v) is 6.18. The van der Waals surface area contributed by atoms with Gasteiger partial charge in [-0.1, -0.05) is 13.8 Å². The minimum absolute atomic E-state index is 0.247. The molecule has 3 nitrogen and oxygen atoms in total. The summed E-state index contributed by atoms with van der Waals surface area (Å²) in [6.07, 6.45) is 2.22. The fourth-order valence-corrected chi connectivity index (χ4v) is 2.63. The predicted octanol–water partition coefficient (Wildman–Crippen LogP) is 1.10. The van der Waals surface area contributed by atoms with E-state index in [2.05, 4.69) is 24.1 Å². The molecule has 2 rings (SSSR count). The van der Waals surface area contributed by atoms with Gasteiger partial charge in [-0.25, -0.2) is 0 Å². The lowest BCUT2D eigenvalue weighted by molar-refractivity contribution is -0.135. The third-order valence-corrected chi connectivity index (χ3v) is 3.95. The van der Waals surface area contributed by atoms with E-state index in [-0.39, 0.29) is 5.92 Å². The lowest BCUT2D eigenvalue weighted by Gasteiger charge is -2.26. The molecule has 2 unspecified atom stereocenters. The number of likely N-dealkylation sites (tertiary alicyclic amines) is 1. The number of hydrogen-bond donors (Lipinski definition) is 1. The first kappa shape index (κ1) is 10.9. The minimum Gasteiger partial charge on any atom is -0.342 e. The van der Waals surface area contributed by atoms with Crippen molar-refractivity contribution in [2.75, 3.05) is 26.2 Å². The summed E-state index contributed by atoms with van der Waals surface area (Å²) in [5, 5.41) is 3.31. The number of nitrogens with zero attached hydrogens (tertiary/aromatic N) is 1. The quantitative estimate of drug-likeness (QED) is 0.703. The minimum atomic E-state index is 0.247. The van der Waals surface area contributed by atoms with E-state index in [1.54, 1.807) is 0 Å². The highest BCUT2D eigenvalue weighted by Crippen LogP contribution is 2.25. The standard InChI is InChI=1S/C12H22N2O/c1-9-7-14(8-10(9)2)12(15)11-4-3-5-13-6-11/h9-11,13H,3-8H2,1-2H3/t9?,10?,11-/m0/s1. The van der Waals surface area contributed by atoms with E-state index in [4.69, 9.17) is 0 Å². The van der Waals surface area contributed by atoms with Crippen LogP contribution in [-0.4, -0.2) is 37.0 Å². The van der Waals surface area contributed by atoms with Gasteiger partial charge >= 0.3 is 0 Å². The summed E-state index contributed by atoms with van der Waals surface area (Å²) in [6, 6.07) is 0. The van der Waals surface area contributed by atoms with Gasteiger partial charge in [0, 0.05) is 19.6 Å². The van der Waals surface area contributed by atoms with Crippen LogP contribution in [0.2, 0.25) is 0 Å². The molecule has 1 amide bonds. The van der Waals surface area contributed by atoms with Gasteiger partial charge in [-0.2, -0.15) is 0 Å². The maximum absolute atomic E-state index is 12.2. The van der Waals surface area contributed by atoms with Crippen LogP contribution in [0.4, 0.5) is 0 Å². The topological polar surface area (TPSA) is 32.3 Å². The van der Waals surface area contributed by atoms with Gasteiger partial charge in [0.15, 0.2) is 0 Å². The first-order valence-electron chi connectivity index (χ1n) is 6.18. The van der Waals surface area contributed by atoms with Gasteiger partial charge in [-0.3, -0.25) is 4.79 Å². The van der Waals surface area contributed by atoms with Gasteiger partial charge in [0.05, 0.1) is 5.92 Å². The number of amides is 1. The Morgan fingerprint density at radius 2 is 1.93 bits per heavy atom. The Kier molecular flexibility index (Phi) is 3.29. The average molecular weight is 210 g/mol. The molecular weight excluding hydrogens is 188 g/mol. The molecule has 0 aliphatic carbocycles. The van der Waals surface area contributed by atoms with E-state index in [0.29, 0.717) is 17.7 Å². The van der Waals surface area contributed by atoms with Crippen molar-refractivity contribution in [1.82, 2.24) is 10.2 Å². The van der Waals surface area contributed by atoms with Crippen molar-refractivity contribution in [3.8, 4) is 0 Å². The molecule has 0 aromatic rings. The SMILES string of the molecule is CC1CN(C(=O)[C@H]2CCCNC2)CC1C. The van der Waals surface area contributed by atoms with E-state index >= 15 is 0 Å². The van der Waals surface area contributed by atoms with Crippen molar-refractivity contribution in [1.29, 1.82) is 0 Å². The number of rotatable bonds is 1. The summed E-state index contributed by atoms with van der Waals surface area (Å²) in [4.78, 5) is 14.3. The first-order chi connectivity index (χ1) is 7.18. The highest BCUT2D eigenvalue weighted by Gasteiger charge is 2.33. The van der Waals surface area contributed by atoms with Crippen LogP contribution in [0.1, 0.15) is 26.7 Å². The van der Waals surface area contributed by atoms with Crippen LogP contribution in [0.3, 0.4) is 0 Å². The van der Waals surface area contributed by atoms with Crippen LogP contribution < -0.4 is 5.32 Å². The highest BCUT2D eigenvalue weighted by molar-refractivity contribution is 5.79. The van der Waals surface area contributed by atoms with E-state index in [1.807, 2.05) is 0 Å². The van der Waals surface area contributed by atoms with Gasteiger partial charge in [0.2, 0.25) is 5.91 Å². The molecule has 2 aliphatic rings. The van der Waals surface area contributed by atoms with Gasteiger partial charge in [0.1, 0.15) is 0 Å². The fourth-order valence-electron chi connectivity index (χ4n) is 2.63. The molecule has 0 saturated carbocycles. The lowest BCUT2D eigenvalue weighted by atomic mass is 9.98. The summed E-state index contributed by atoms with van der Waals surface area (Å²) in [5.41, 5.74) is 0. The Morgan fingerprint density at radius 3 is 2.47 bits per heavy atom. The largest absolute Gasteiger partial charge is 0.342 e. The van der Waals surface area contributed by atoms with Crippen molar-refractivity contribution in [2.45, 2.75) is 26.7 Å². The maximum Gasteiger partial charge on any atom is 0.226 e. The predicted molar refractivity (Wildman–Crippen MR) is 60.5 cm³/mol. The van der Waals surface area contributed by atoms with Crippen molar-refractivity contribution in [3.05, 3.63) is 0 Å². The Bertz CT molecular complexity index is 226. The molecule has 0 bridgehead atoms. The highest BCUT2D eigenvalue weighted by atomic mass is 16.2. The van der Waals surface area contributed by atoms with Crippen molar-refractivity contribution in [2.24, 2.45) is 17.8 Å². The molecule has 86 valence electrons. The number of hydrogen-bond acceptors (Lipinski definition) is 2. The zero-order chi connectivity index (χ0) is 10.8. The molecule has 0 aromatic heterocycles. The molecule has 15 heavy (non-hydrogen) atoms. The molecular formula is C12H22N2O. The fraction of sp³-hybridized carbons (Fsp3) is 0.917. The zero-order valence-corrected chi connectivity index (χ0v) is 9.83. The number of nitrogens with one attached hydrogen (secondary N) is 1. The Balaban J connectivity index is 1.90. The molecule has 0 spiro atoms. The summed E-state index contributed by atoms with van der Waals surface area (Å²) in [6.45, 7) is 8.40. The monoisotopic (exact) mass is 210 g/mol. The normalized spacial score (nSPS) is 36.9. The van der Waals surface area contributed by atoms with Gasteiger partial charge in [0.25, 0.3) is 0 Å². The summed E-state index contributed by atoms with van der Waals surface area (Å²) < 4.78 is 0. The van der Waals surface area contributed by atoms with Crippen LogP contribution in [0.5, 0.6) is 0 Å². The number of carbonyl (C=O) groups is 1. The van der Waals surface area contributed by atoms with Crippen molar-refractivity contribution < 1.29 is 4.79 Å². The second-order valence-corrected chi connectivity index (χ2v) is 5.24. The molecule has 0 aromatic carbocycles. The van der Waals surface area contributed by atoms with E-state index < -0.39 is 0 Å². The second-order valence-electron chi connectivity index (χ2n) is 5.24. The van der Waals surface area contributed by atoms with E-state index in [0.717, 1.165) is 39.0 Å². The molecule has 3 heteroatoms. The van der Waals surface area contributed by atoms with Gasteiger partial charge < -0.3 is 10.2 Å². The Labute approximate surface area is 92.2 Å². The molecule has 3 atom stereocenters. The van der Waals surface area contributed by atoms with E-state index in [1.165, 1.54) is 0 Å². The van der Waals surface area contributed by atoms with Gasteiger partial charge in [-0.15, -0.1) is 0 Å². The van der Waals surface area contributed by atoms with Crippen LogP contribution >= 0.6 is 0 Å².